The van der Waals surface area contributed by atoms with Gasteiger partial charge in [0.05, 0.1) is 5.56 Å². The molecule has 1 nitrogen and oxygen atoms in total. The molecule has 0 spiro atoms. The van der Waals surface area contributed by atoms with Crippen LogP contribution < -0.4 is 0 Å². The van der Waals surface area contributed by atoms with Gasteiger partial charge in [0.25, 0.3) is 0 Å². The first-order valence-electron chi connectivity index (χ1n) is 6.01. The number of aliphatic hydroxyl groups is 1. The monoisotopic (exact) mass is 318 g/mol. The highest BCUT2D eigenvalue weighted by atomic mass is 35.5. The Balaban J connectivity index is 2.44. The van der Waals surface area contributed by atoms with Gasteiger partial charge in [-0.1, -0.05) is 17.7 Å². The van der Waals surface area contributed by atoms with Crippen molar-refractivity contribution in [3.05, 3.63) is 69.5 Å². The number of rotatable bonds is 2. The van der Waals surface area contributed by atoms with Gasteiger partial charge in [-0.3, -0.25) is 0 Å². The average molecular weight is 319 g/mol. The van der Waals surface area contributed by atoms with Crippen molar-refractivity contribution in [2.75, 3.05) is 0 Å². The van der Waals surface area contributed by atoms with Gasteiger partial charge in [-0.25, -0.2) is 4.39 Å². The zero-order chi connectivity index (χ0) is 15.8. The van der Waals surface area contributed by atoms with Crippen LogP contribution in [-0.2, 0) is 6.18 Å². The van der Waals surface area contributed by atoms with Gasteiger partial charge in [0.1, 0.15) is 11.9 Å². The van der Waals surface area contributed by atoms with Crippen LogP contribution in [0.4, 0.5) is 17.6 Å². The first-order chi connectivity index (χ1) is 9.70. The first kappa shape index (κ1) is 15.8. The molecular formula is C15H11ClF4O. The molecule has 6 heteroatoms. The second kappa shape index (κ2) is 5.66. The highest BCUT2D eigenvalue weighted by Crippen LogP contribution is 2.34. The molecule has 0 radical (unpaired) electrons. The van der Waals surface area contributed by atoms with Crippen molar-refractivity contribution < 1.29 is 22.7 Å². The van der Waals surface area contributed by atoms with Crippen LogP contribution in [0.25, 0.3) is 0 Å². The van der Waals surface area contributed by atoms with Gasteiger partial charge in [-0.15, -0.1) is 0 Å². The van der Waals surface area contributed by atoms with E-state index in [1.54, 1.807) is 0 Å². The fourth-order valence-corrected chi connectivity index (χ4v) is 2.23. The summed E-state index contributed by atoms with van der Waals surface area (Å²) in [7, 11) is 0. The first-order valence-corrected chi connectivity index (χ1v) is 6.38. The minimum Gasteiger partial charge on any atom is -0.384 e. The maximum absolute atomic E-state index is 13.7. The van der Waals surface area contributed by atoms with E-state index in [1.165, 1.54) is 19.1 Å². The molecule has 2 aromatic rings. The van der Waals surface area contributed by atoms with Gasteiger partial charge in [-0.2, -0.15) is 13.2 Å². The van der Waals surface area contributed by atoms with Crippen LogP contribution in [0.2, 0.25) is 5.02 Å². The zero-order valence-electron chi connectivity index (χ0n) is 10.9. The molecule has 1 N–H and O–H groups in total. The van der Waals surface area contributed by atoms with Crippen molar-refractivity contribution in [3.63, 3.8) is 0 Å². The third kappa shape index (κ3) is 3.36. The lowest BCUT2D eigenvalue weighted by molar-refractivity contribution is -0.137. The Bertz CT molecular complexity index is 667. The Morgan fingerprint density at radius 1 is 1.05 bits per heavy atom. The predicted molar refractivity (Wildman–Crippen MR) is 71.7 cm³/mol. The summed E-state index contributed by atoms with van der Waals surface area (Å²) in [5.74, 6) is -0.675. The number of benzene rings is 2. The molecule has 0 bridgehead atoms. The number of halogens is 5. The van der Waals surface area contributed by atoms with Gasteiger partial charge in [0.15, 0.2) is 0 Å². The summed E-state index contributed by atoms with van der Waals surface area (Å²) in [6, 6.07) is 6.59. The summed E-state index contributed by atoms with van der Waals surface area (Å²) in [5.41, 5.74) is -0.478. The molecule has 0 aromatic heterocycles. The number of hydrogen-bond acceptors (Lipinski definition) is 1. The summed E-state index contributed by atoms with van der Waals surface area (Å²) in [4.78, 5) is 0. The SMILES string of the molecule is Cc1cc(C(F)(F)F)ccc1C(O)c1cc(Cl)ccc1F. The van der Waals surface area contributed by atoms with Crippen LogP contribution in [0, 0.1) is 12.7 Å². The van der Waals surface area contributed by atoms with E-state index < -0.39 is 23.7 Å². The van der Waals surface area contributed by atoms with Crippen LogP contribution in [-0.4, -0.2) is 5.11 Å². The topological polar surface area (TPSA) is 20.2 Å². The fraction of sp³-hybridized carbons (Fsp3) is 0.200. The van der Waals surface area contributed by atoms with E-state index in [9.17, 15) is 22.7 Å². The second-order valence-electron chi connectivity index (χ2n) is 4.64. The van der Waals surface area contributed by atoms with Crippen LogP contribution in [0.5, 0.6) is 0 Å². The molecular weight excluding hydrogens is 308 g/mol. The van der Waals surface area contributed by atoms with Gasteiger partial charge in [0, 0.05) is 10.6 Å². The van der Waals surface area contributed by atoms with Gasteiger partial charge < -0.3 is 5.11 Å². The van der Waals surface area contributed by atoms with Gasteiger partial charge in [0.2, 0.25) is 0 Å². The van der Waals surface area contributed by atoms with E-state index >= 15 is 0 Å². The molecule has 1 unspecified atom stereocenters. The van der Waals surface area contributed by atoms with Crippen molar-refractivity contribution in [1.82, 2.24) is 0 Å². The standard InChI is InChI=1S/C15H11ClF4O/c1-8-6-9(15(18,19)20)2-4-11(8)14(21)12-7-10(16)3-5-13(12)17/h2-7,14,21H,1H3. The second-order valence-corrected chi connectivity index (χ2v) is 5.07. The van der Waals surface area contributed by atoms with Crippen LogP contribution in [0.1, 0.15) is 28.4 Å². The van der Waals surface area contributed by atoms with Crippen molar-refractivity contribution in [3.8, 4) is 0 Å². The molecule has 0 aliphatic carbocycles. The molecule has 21 heavy (non-hydrogen) atoms. The highest BCUT2D eigenvalue weighted by Gasteiger charge is 2.31. The molecule has 2 rings (SSSR count). The summed E-state index contributed by atoms with van der Waals surface area (Å²) in [5, 5.41) is 10.4. The lowest BCUT2D eigenvalue weighted by atomic mass is 9.95. The van der Waals surface area contributed by atoms with E-state index in [1.807, 2.05) is 0 Å². The summed E-state index contributed by atoms with van der Waals surface area (Å²) < 4.78 is 51.5. The van der Waals surface area contributed by atoms with Crippen LogP contribution in [0.3, 0.4) is 0 Å². The molecule has 0 amide bonds. The number of aliphatic hydroxyl groups excluding tert-OH is 1. The molecule has 2 aromatic carbocycles. The van der Waals surface area contributed by atoms with E-state index in [-0.39, 0.29) is 21.7 Å². The van der Waals surface area contributed by atoms with Gasteiger partial charge in [-0.05, 0) is 48.4 Å². The lowest BCUT2D eigenvalue weighted by Crippen LogP contribution is -2.09. The van der Waals surface area contributed by atoms with Crippen molar-refractivity contribution in [1.29, 1.82) is 0 Å². The highest BCUT2D eigenvalue weighted by molar-refractivity contribution is 6.30. The third-order valence-electron chi connectivity index (χ3n) is 3.14. The zero-order valence-corrected chi connectivity index (χ0v) is 11.6. The minimum absolute atomic E-state index is 0.0784. The fourth-order valence-electron chi connectivity index (χ4n) is 2.05. The molecule has 1 atom stereocenters. The van der Waals surface area contributed by atoms with Crippen molar-refractivity contribution in [2.45, 2.75) is 19.2 Å². The van der Waals surface area contributed by atoms with E-state index in [0.717, 1.165) is 24.3 Å². The van der Waals surface area contributed by atoms with Crippen molar-refractivity contribution in [2.24, 2.45) is 0 Å². The Hall–Kier alpha value is -1.59. The molecule has 0 heterocycles. The Morgan fingerprint density at radius 3 is 2.29 bits per heavy atom. The Labute approximate surface area is 123 Å². The minimum atomic E-state index is -4.46. The smallest absolute Gasteiger partial charge is 0.384 e. The molecule has 0 aliphatic heterocycles. The third-order valence-corrected chi connectivity index (χ3v) is 3.38. The van der Waals surface area contributed by atoms with E-state index in [4.69, 9.17) is 11.6 Å². The Morgan fingerprint density at radius 2 is 1.71 bits per heavy atom. The van der Waals surface area contributed by atoms with Crippen molar-refractivity contribution >= 4 is 11.6 Å². The normalized spacial score (nSPS) is 13.3. The maximum Gasteiger partial charge on any atom is 0.416 e. The van der Waals surface area contributed by atoms with E-state index in [0.29, 0.717) is 0 Å². The van der Waals surface area contributed by atoms with Crippen LogP contribution >= 0.6 is 11.6 Å². The molecule has 0 fully saturated rings. The Kier molecular flexibility index (Phi) is 4.25. The maximum atomic E-state index is 13.7. The molecule has 0 saturated carbocycles. The summed E-state index contributed by atoms with van der Waals surface area (Å²) in [6.07, 6.45) is -5.85. The number of alkyl halides is 3. The molecule has 112 valence electrons. The summed E-state index contributed by atoms with van der Waals surface area (Å²) >= 11 is 5.75. The average Bonchev–Trinajstić information content (AvgIpc) is 2.39. The largest absolute Gasteiger partial charge is 0.416 e. The van der Waals surface area contributed by atoms with E-state index in [2.05, 4.69) is 0 Å². The van der Waals surface area contributed by atoms with Crippen LogP contribution in [0.15, 0.2) is 36.4 Å². The van der Waals surface area contributed by atoms with Gasteiger partial charge >= 0.3 is 6.18 Å². The number of aryl methyl sites for hydroxylation is 1. The molecule has 0 aliphatic rings. The quantitative estimate of drug-likeness (QED) is 0.782. The summed E-state index contributed by atoms with van der Waals surface area (Å²) in [6.45, 7) is 1.43. The number of hydrogen-bond donors (Lipinski definition) is 1. The lowest BCUT2D eigenvalue weighted by Gasteiger charge is -2.17. The molecule has 0 saturated heterocycles. The predicted octanol–water partition coefficient (Wildman–Crippen LogP) is 4.89.